The standard InChI is InChI=1S/C13H16BrNO4/c1-8(16)11-6-9(14)7-12(15(17)18)13(11)19-10-4-2-3-5-10/h6-8,10,16H,2-5H2,1H3/t8-/m1/s1. The van der Waals surface area contributed by atoms with Gasteiger partial charge in [0.05, 0.1) is 17.1 Å². The second-order valence-corrected chi connectivity index (χ2v) is 5.72. The minimum Gasteiger partial charge on any atom is -0.483 e. The third-order valence-electron chi connectivity index (χ3n) is 3.30. The molecular weight excluding hydrogens is 314 g/mol. The molecule has 19 heavy (non-hydrogen) atoms. The van der Waals surface area contributed by atoms with Gasteiger partial charge in [0.25, 0.3) is 0 Å². The number of hydrogen-bond acceptors (Lipinski definition) is 4. The molecule has 0 unspecified atom stereocenters. The lowest BCUT2D eigenvalue weighted by atomic mass is 10.1. The Labute approximate surface area is 119 Å². The van der Waals surface area contributed by atoms with Gasteiger partial charge < -0.3 is 9.84 Å². The average Bonchev–Trinajstić information content (AvgIpc) is 2.83. The molecule has 0 saturated heterocycles. The van der Waals surface area contributed by atoms with Gasteiger partial charge in [-0.25, -0.2) is 0 Å². The number of halogens is 1. The number of aliphatic hydroxyl groups is 1. The minimum atomic E-state index is -0.812. The summed E-state index contributed by atoms with van der Waals surface area (Å²) in [6.07, 6.45) is 3.18. The monoisotopic (exact) mass is 329 g/mol. The fraction of sp³-hybridized carbons (Fsp3) is 0.538. The van der Waals surface area contributed by atoms with Gasteiger partial charge >= 0.3 is 5.69 Å². The Bertz CT molecular complexity index is 484. The quantitative estimate of drug-likeness (QED) is 0.674. The predicted octanol–water partition coefficient (Wildman–Crippen LogP) is 3.73. The number of rotatable bonds is 4. The van der Waals surface area contributed by atoms with E-state index in [-0.39, 0.29) is 17.5 Å². The second-order valence-electron chi connectivity index (χ2n) is 4.80. The third kappa shape index (κ3) is 3.25. The average molecular weight is 330 g/mol. The highest BCUT2D eigenvalue weighted by Crippen LogP contribution is 2.39. The van der Waals surface area contributed by atoms with Crippen molar-refractivity contribution >= 4 is 21.6 Å². The Morgan fingerprint density at radius 1 is 1.47 bits per heavy atom. The summed E-state index contributed by atoms with van der Waals surface area (Å²) in [6, 6.07) is 3.08. The molecule has 0 amide bonds. The Morgan fingerprint density at radius 3 is 2.63 bits per heavy atom. The van der Waals surface area contributed by atoms with Crippen LogP contribution in [0.15, 0.2) is 16.6 Å². The van der Waals surface area contributed by atoms with E-state index in [0.717, 1.165) is 25.7 Å². The van der Waals surface area contributed by atoms with Crippen molar-refractivity contribution in [3.05, 3.63) is 32.3 Å². The molecule has 0 radical (unpaired) electrons. The zero-order chi connectivity index (χ0) is 14.0. The molecule has 6 heteroatoms. The van der Waals surface area contributed by atoms with Crippen molar-refractivity contribution in [3.8, 4) is 5.75 Å². The van der Waals surface area contributed by atoms with Crippen molar-refractivity contribution in [2.24, 2.45) is 0 Å². The number of nitrogens with zero attached hydrogens (tertiary/aromatic N) is 1. The van der Waals surface area contributed by atoms with Gasteiger partial charge in [-0.2, -0.15) is 0 Å². The summed E-state index contributed by atoms with van der Waals surface area (Å²) in [5.41, 5.74) is 0.352. The molecule has 1 N–H and O–H groups in total. The summed E-state index contributed by atoms with van der Waals surface area (Å²) < 4.78 is 6.36. The molecule has 0 spiro atoms. The molecule has 1 aliphatic rings. The van der Waals surface area contributed by atoms with E-state index in [1.807, 2.05) is 0 Å². The van der Waals surface area contributed by atoms with Crippen molar-refractivity contribution in [1.82, 2.24) is 0 Å². The first-order chi connectivity index (χ1) is 8.99. The maximum absolute atomic E-state index is 11.1. The van der Waals surface area contributed by atoms with Crippen molar-refractivity contribution in [2.75, 3.05) is 0 Å². The molecule has 1 aliphatic carbocycles. The maximum Gasteiger partial charge on any atom is 0.312 e. The molecule has 2 rings (SSSR count). The fourth-order valence-corrected chi connectivity index (χ4v) is 2.81. The van der Waals surface area contributed by atoms with Crippen LogP contribution < -0.4 is 4.74 Å². The van der Waals surface area contributed by atoms with E-state index in [0.29, 0.717) is 10.0 Å². The van der Waals surface area contributed by atoms with Crippen LogP contribution in [0, 0.1) is 10.1 Å². The first-order valence-electron chi connectivity index (χ1n) is 6.31. The Balaban J connectivity index is 2.43. The SMILES string of the molecule is C[C@@H](O)c1cc(Br)cc([N+](=O)[O-])c1OC1CCCC1. The smallest absolute Gasteiger partial charge is 0.312 e. The minimum absolute atomic E-state index is 0.0115. The Kier molecular flexibility index (Phi) is 4.42. The third-order valence-corrected chi connectivity index (χ3v) is 3.75. The van der Waals surface area contributed by atoms with Gasteiger partial charge in [-0.1, -0.05) is 15.9 Å². The summed E-state index contributed by atoms with van der Waals surface area (Å²) in [7, 11) is 0. The van der Waals surface area contributed by atoms with Crippen LogP contribution in [0.2, 0.25) is 0 Å². The van der Waals surface area contributed by atoms with Crippen molar-refractivity contribution < 1.29 is 14.8 Å². The highest BCUT2D eigenvalue weighted by Gasteiger charge is 2.27. The summed E-state index contributed by atoms with van der Waals surface area (Å²) in [5.74, 6) is 0.204. The molecule has 1 saturated carbocycles. The van der Waals surface area contributed by atoms with Crippen LogP contribution in [0.5, 0.6) is 5.75 Å². The molecule has 104 valence electrons. The highest BCUT2D eigenvalue weighted by molar-refractivity contribution is 9.10. The van der Waals surface area contributed by atoms with Crippen molar-refractivity contribution in [2.45, 2.75) is 44.8 Å². The Hall–Kier alpha value is -1.14. The number of nitro benzene ring substituents is 1. The van der Waals surface area contributed by atoms with Crippen LogP contribution in [-0.4, -0.2) is 16.1 Å². The summed E-state index contributed by atoms with van der Waals surface area (Å²) in [4.78, 5) is 10.7. The van der Waals surface area contributed by atoms with Gasteiger partial charge in [0.15, 0.2) is 0 Å². The molecule has 1 fully saturated rings. The molecular formula is C13H16BrNO4. The fourth-order valence-electron chi connectivity index (χ4n) is 2.35. The summed E-state index contributed by atoms with van der Waals surface area (Å²) in [5, 5.41) is 20.9. The normalized spacial score (nSPS) is 17.4. The zero-order valence-corrected chi connectivity index (χ0v) is 12.2. The van der Waals surface area contributed by atoms with Gasteiger partial charge in [0.1, 0.15) is 0 Å². The molecule has 0 heterocycles. The van der Waals surface area contributed by atoms with Crippen LogP contribution in [0.1, 0.15) is 44.3 Å². The first kappa shape index (κ1) is 14.3. The number of benzene rings is 1. The highest BCUT2D eigenvalue weighted by atomic mass is 79.9. The van der Waals surface area contributed by atoms with Gasteiger partial charge in [-0.15, -0.1) is 0 Å². The summed E-state index contributed by atoms with van der Waals surface area (Å²) >= 11 is 3.23. The predicted molar refractivity (Wildman–Crippen MR) is 74.3 cm³/mol. The molecule has 5 nitrogen and oxygen atoms in total. The number of ether oxygens (including phenoxy) is 1. The van der Waals surface area contributed by atoms with Crippen LogP contribution in [0.25, 0.3) is 0 Å². The lowest BCUT2D eigenvalue weighted by Gasteiger charge is -2.18. The lowest BCUT2D eigenvalue weighted by Crippen LogP contribution is -2.14. The molecule has 0 aromatic heterocycles. The first-order valence-corrected chi connectivity index (χ1v) is 7.11. The van der Waals surface area contributed by atoms with Gasteiger partial charge in [0.2, 0.25) is 5.75 Å². The molecule has 0 bridgehead atoms. The molecule has 1 atom stereocenters. The van der Waals surface area contributed by atoms with E-state index in [2.05, 4.69) is 15.9 Å². The largest absolute Gasteiger partial charge is 0.483 e. The van der Waals surface area contributed by atoms with Crippen molar-refractivity contribution in [3.63, 3.8) is 0 Å². The lowest BCUT2D eigenvalue weighted by molar-refractivity contribution is -0.386. The van der Waals surface area contributed by atoms with E-state index < -0.39 is 11.0 Å². The topological polar surface area (TPSA) is 72.6 Å². The van der Waals surface area contributed by atoms with Crippen LogP contribution >= 0.6 is 15.9 Å². The van der Waals surface area contributed by atoms with E-state index >= 15 is 0 Å². The van der Waals surface area contributed by atoms with Gasteiger partial charge in [-0.05, 0) is 38.7 Å². The van der Waals surface area contributed by atoms with Crippen LogP contribution in [0.4, 0.5) is 5.69 Å². The van der Waals surface area contributed by atoms with Crippen LogP contribution in [-0.2, 0) is 0 Å². The van der Waals surface area contributed by atoms with Crippen LogP contribution in [0.3, 0.4) is 0 Å². The number of nitro groups is 1. The van der Waals surface area contributed by atoms with Gasteiger partial charge in [0, 0.05) is 16.1 Å². The zero-order valence-electron chi connectivity index (χ0n) is 10.6. The summed E-state index contributed by atoms with van der Waals surface area (Å²) in [6.45, 7) is 1.58. The number of aliphatic hydroxyl groups excluding tert-OH is 1. The second kappa shape index (κ2) is 5.88. The van der Waals surface area contributed by atoms with E-state index in [1.165, 1.54) is 6.07 Å². The Morgan fingerprint density at radius 2 is 2.11 bits per heavy atom. The van der Waals surface area contributed by atoms with E-state index in [9.17, 15) is 15.2 Å². The van der Waals surface area contributed by atoms with Crippen molar-refractivity contribution in [1.29, 1.82) is 0 Å². The maximum atomic E-state index is 11.1. The van der Waals surface area contributed by atoms with E-state index in [4.69, 9.17) is 4.74 Å². The number of hydrogen-bond donors (Lipinski definition) is 1. The van der Waals surface area contributed by atoms with Gasteiger partial charge in [-0.3, -0.25) is 10.1 Å². The van der Waals surface area contributed by atoms with E-state index in [1.54, 1.807) is 13.0 Å². The molecule has 1 aromatic carbocycles. The molecule has 0 aliphatic heterocycles. The molecule has 1 aromatic rings.